The molecule has 0 atom stereocenters. The molecule has 0 unspecified atom stereocenters. The van der Waals surface area contributed by atoms with Crippen LogP contribution in [0, 0.1) is 5.41 Å². The summed E-state index contributed by atoms with van der Waals surface area (Å²) in [6.07, 6.45) is 3.30. The van der Waals surface area contributed by atoms with Gasteiger partial charge in [0.2, 0.25) is 0 Å². The van der Waals surface area contributed by atoms with E-state index in [0.717, 1.165) is 11.4 Å². The van der Waals surface area contributed by atoms with Gasteiger partial charge in [0.1, 0.15) is 0 Å². The van der Waals surface area contributed by atoms with Crippen LogP contribution in [0.4, 0.5) is 5.69 Å². The van der Waals surface area contributed by atoms with E-state index in [1.807, 2.05) is 38.1 Å². The molecule has 19 heavy (non-hydrogen) atoms. The van der Waals surface area contributed by atoms with Crippen LogP contribution in [-0.4, -0.2) is 27.8 Å². The predicted molar refractivity (Wildman–Crippen MR) is 75.7 cm³/mol. The molecule has 5 heteroatoms. The van der Waals surface area contributed by atoms with Gasteiger partial charge in [0.25, 0.3) is 0 Å². The normalized spacial score (nSPS) is 11.5. The van der Waals surface area contributed by atoms with Crippen molar-refractivity contribution in [2.75, 3.05) is 18.5 Å². The largest absolute Gasteiger partial charge is 0.396 e. The highest BCUT2D eigenvalue weighted by Crippen LogP contribution is 2.17. The molecule has 0 amide bonds. The first-order valence-electron chi connectivity index (χ1n) is 6.23. The highest BCUT2D eigenvalue weighted by atomic mass is 16.3. The van der Waals surface area contributed by atoms with Crippen molar-refractivity contribution in [2.45, 2.75) is 13.8 Å². The van der Waals surface area contributed by atoms with Gasteiger partial charge < -0.3 is 15.4 Å². The molecule has 0 spiro atoms. The lowest BCUT2D eigenvalue weighted by Crippen LogP contribution is -2.26. The van der Waals surface area contributed by atoms with Crippen LogP contribution in [0.25, 0.3) is 5.69 Å². The van der Waals surface area contributed by atoms with Gasteiger partial charge in [0, 0.05) is 36.6 Å². The molecule has 1 aromatic carbocycles. The Balaban J connectivity index is 2.07. The molecule has 0 saturated carbocycles. The van der Waals surface area contributed by atoms with Crippen LogP contribution >= 0.6 is 0 Å². The third-order valence-electron chi connectivity index (χ3n) is 2.99. The predicted octanol–water partition coefficient (Wildman–Crippen LogP) is 1.60. The van der Waals surface area contributed by atoms with Crippen LogP contribution in [0.2, 0.25) is 0 Å². The van der Waals surface area contributed by atoms with E-state index in [2.05, 4.69) is 10.3 Å². The molecule has 2 aromatic rings. The van der Waals surface area contributed by atoms with E-state index in [-0.39, 0.29) is 17.7 Å². The van der Waals surface area contributed by atoms with E-state index in [0.29, 0.717) is 6.54 Å². The lowest BCUT2D eigenvalue weighted by atomic mass is 9.95. The number of aromatic nitrogens is 2. The Morgan fingerprint density at radius 1 is 1.32 bits per heavy atom. The first kappa shape index (κ1) is 13.4. The minimum Gasteiger partial charge on any atom is -0.396 e. The maximum Gasteiger partial charge on any atom is 0.330 e. The Morgan fingerprint density at radius 2 is 2.00 bits per heavy atom. The van der Waals surface area contributed by atoms with Crippen molar-refractivity contribution in [3.8, 4) is 5.69 Å². The molecule has 0 aliphatic rings. The van der Waals surface area contributed by atoms with Gasteiger partial charge >= 0.3 is 5.69 Å². The molecule has 1 aromatic heterocycles. The van der Waals surface area contributed by atoms with Crippen LogP contribution in [0.5, 0.6) is 0 Å². The zero-order valence-electron chi connectivity index (χ0n) is 11.2. The number of aromatic amines is 1. The van der Waals surface area contributed by atoms with Crippen LogP contribution < -0.4 is 11.0 Å². The summed E-state index contributed by atoms with van der Waals surface area (Å²) in [5, 5.41) is 12.5. The summed E-state index contributed by atoms with van der Waals surface area (Å²) in [7, 11) is 0. The Kier molecular flexibility index (Phi) is 3.76. The molecule has 1 heterocycles. The highest BCUT2D eigenvalue weighted by Gasteiger charge is 2.15. The van der Waals surface area contributed by atoms with Crippen LogP contribution in [0.1, 0.15) is 13.8 Å². The smallest absolute Gasteiger partial charge is 0.330 e. The van der Waals surface area contributed by atoms with Gasteiger partial charge in [0.05, 0.1) is 5.69 Å². The first-order chi connectivity index (χ1) is 9.02. The highest BCUT2D eigenvalue weighted by molar-refractivity contribution is 5.48. The standard InChI is InChI=1S/C14H19N3O2/c1-14(2,10-18)9-16-11-3-5-12(6-4-11)17-8-7-15-13(17)19/h3-8,16,18H,9-10H2,1-2H3,(H,15,19). The average molecular weight is 261 g/mol. The molecular formula is C14H19N3O2. The third kappa shape index (κ3) is 3.26. The quantitative estimate of drug-likeness (QED) is 0.765. The van der Waals surface area contributed by atoms with E-state index < -0.39 is 0 Å². The molecule has 0 bridgehead atoms. The van der Waals surface area contributed by atoms with Crippen LogP contribution in [0.3, 0.4) is 0 Å². The molecule has 2 rings (SSSR count). The van der Waals surface area contributed by atoms with Crippen molar-refractivity contribution < 1.29 is 5.11 Å². The Bertz CT molecular complexity index is 581. The number of aliphatic hydroxyl groups is 1. The molecule has 5 nitrogen and oxygen atoms in total. The number of aliphatic hydroxyl groups excluding tert-OH is 1. The summed E-state index contributed by atoms with van der Waals surface area (Å²) in [5.41, 5.74) is 1.48. The second-order valence-corrected chi connectivity index (χ2v) is 5.36. The van der Waals surface area contributed by atoms with E-state index >= 15 is 0 Å². The summed E-state index contributed by atoms with van der Waals surface area (Å²) in [6.45, 7) is 4.81. The average Bonchev–Trinajstić information content (AvgIpc) is 2.83. The van der Waals surface area contributed by atoms with Crippen molar-refractivity contribution in [1.29, 1.82) is 0 Å². The van der Waals surface area contributed by atoms with Crippen molar-refractivity contribution in [3.05, 3.63) is 47.1 Å². The van der Waals surface area contributed by atoms with E-state index in [1.165, 1.54) is 0 Å². The fourth-order valence-electron chi connectivity index (χ4n) is 1.66. The second-order valence-electron chi connectivity index (χ2n) is 5.36. The van der Waals surface area contributed by atoms with Gasteiger partial charge in [-0.3, -0.25) is 4.57 Å². The summed E-state index contributed by atoms with van der Waals surface area (Å²) in [6, 6.07) is 7.59. The zero-order chi connectivity index (χ0) is 13.9. The van der Waals surface area contributed by atoms with Crippen molar-refractivity contribution in [2.24, 2.45) is 5.41 Å². The van der Waals surface area contributed by atoms with Crippen molar-refractivity contribution >= 4 is 5.69 Å². The molecule has 3 N–H and O–H groups in total. The first-order valence-corrected chi connectivity index (χ1v) is 6.23. The van der Waals surface area contributed by atoms with Gasteiger partial charge in [-0.2, -0.15) is 0 Å². The lowest BCUT2D eigenvalue weighted by molar-refractivity contribution is 0.171. The Labute approximate surface area is 111 Å². The van der Waals surface area contributed by atoms with Gasteiger partial charge in [-0.25, -0.2) is 4.79 Å². The van der Waals surface area contributed by atoms with Gasteiger partial charge in [-0.15, -0.1) is 0 Å². The number of imidazole rings is 1. The number of nitrogens with zero attached hydrogens (tertiary/aromatic N) is 1. The fourth-order valence-corrected chi connectivity index (χ4v) is 1.66. The van der Waals surface area contributed by atoms with E-state index in [1.54, 1.807) is 17.0 Å². The molecule has 102 valence electrons. The van der Waals surface area contributed by atoms with Crippen molar-refractivity contribution in [3.63, 3.8) is 0 Å². The fraction of sp³-hybridized carbons (Fsp3) is 0.357. The van der Waals surface area contributed by atoms with E-state index in [9.17, 15) is 9.90 Å². The number of H-pyrrole nitrogens is 1. The summed E-state index contributed by atoms with van der Waals surface area (Å²) in [5.74, 6) is 0. The van der Waals surface area contributed by atoms with Crippen LogP contribution in [-0.2, 0) is 0 Å². The number of hydrogen-bond donors (Lipinski definition) is 3. The summed E-state index contributed by atoms with van der Waals surface area (Å²) >= 11 is 0. The molecule has 0 radical (unpaired) electrons. The minimum absolute atomic E-state index is 0.136. The minimum atomic E-state index is -0.157. The summed E-state index contributed by atoms with van der Waals surface area (Å²) < 4.78 is 1.54. The van der Waals surface area contributed by atoms with Crippen LogP contribution in [0.15, 0.2) is 41.5 Å². The third-order valence-corrected chi connectivity index (χ3v) is 2.99. The number of benzene rings is 1. The topological polar surface area (TPSA) is 70.0 Å². The maximum atomic E-state index is 11.5. The number of nitrogens with one attached hydrogen (secondary N) is 2. The monoisotopic (exact) mass is 261 g/mol. The molecular weight excluding hydrogens is 242 g/mol. The Morgan fingerprint density at radius 3 is 2.53 bits per heavy atom. The van der Waals surface area contributed by atoms with Gasteiger partial charge in [0.15, 0.2) is 0 Å². The maximum absolute atomic E-state index is 11.5. The molecule has 0 aliphatic carbocycles. The molecule has 0 fully saturated rings. The summed E-state index contributed by atoms with van der Waals surface area (Å²) in [4.78, 5) is 14.1. The molecule has 0 aliphatic heterocycles. The molecule has 0 saturated heterocycles. The number of rotatable bonds is 5. The lowest BCUT2D eigenvalue weighted by Gasteiger charge is -2.22. The number of anilines is 1. The van der Waals surface area contributed by atoms with Gasteiger partial charge in [-0.05, 0) is 24.3 Å². The second kappa shape index (κ2) is 5.32. The van der Waals surface area contributed by atoms with E-state index in [4.69, 9.17) is 0 Å². The zero-order valence-corrected chi connectivity index (χ0v) is 11.2. The Hall–Kier alpha value is -2.01. The SMILES string of the molecule is CC(C)(CO)CNc1ccc(-n2cc[nH]c2=O)cc1. The van der Waals surface area contributed by atoms with Gasteiger partial charge in [-0.1, -0.05) is 13.8 Å². The van der Waals surface area contributed by atoms with Crippen molar-refractivity contribution in [1.82, 2.24) is 9.55 Å². The number of hydrogen-bond acceptors (Lipinski definition) is 3.